The predicted molar refractivity (Wildman–Crippen MR) is 93.2 cm³/mol. The van der Waals surface area contributed by atoms with Crippen molar-refractivity contribution in [3.05, 3.63) is 62.2 Å². The minimum atomic E-state index is -0.391. The summed E-state index contributed by atoms with van der Waals surface area (Å²) in [5, 5.41) is 11.4. The fraction of sp³-hybridized carbons (Fsp3) is 0.353. The Morgan fingerprint density at radius 2 is 2.21 bits per heavy atom. The summed E-state index contributed by atoms with van der Waals surface area (Å²) in [7, 11) is 0. The molecule has 4 rings (SSSR count). The maximum atomic E-state index is 11.4. The Labute approximate surface area is 147 Å². The molecule has 1 spiro atoms. The molecule has 0 N–H and O–H groups in total. The number of hydrogen-bond acceptors (Lipinski definition) is 5. The first-order valence-corrected chi connectivity index (χ1v) is 8.66. The molecule has 0 radical (unpaired) electrons. The second-order valence-electron chi connectivity index (χ2n) is 6.17. The SMILES string of the molecule is O=[N+]([O-])c1cc(Br)cnc1N1CCOC2(CCc3ccccc32)C1. The number of anilines is 1. The van der Waals surface area contributed by atoms with Crippen molar-refractivity contribution in [2.75, 3.05) is 24.6 Å². The first-order chi connectivity index (χ1) is 11.6. The molecular weight excluding hydrogens is 374 g/mol. The van der Waals surface area contributed by atoms with Crippen LogP contribution in [0, 0.1) is 10.1 Å². The molecule has 0 saturated carbocycles. The molecule has 1 aliphatic heterocycles. The van der Waals surface area contributed by atoms with E-state index in [1.54, 1.807) is 6.20 Å². The maximum absolute atomic E-state index is 11.4. The van der Waals surface area contributed by atoms with Gasteiger partial charge in [0.15, 0.2) is 0 Å². The van der Waals surface area contributed by atoms with Gasteiger partial charge in [-0.05, 0) is 39.9 Å². The highest BCUT2D eigenvalue weighted by Crippen LogP contribution is 2.43. The third-order valence-electron chi connectivity index (χ3n) is 4.80. The Bertz CT molecular complexity index is 809. The fourth-order valence-electron chi connectivity index (χ4n) is 3.73. The molecule has 1 unspecified atom stereocenters. The third kappa shape index (κ3) is 2.48. The zero-order chi connectivity index (χ0) is 16.7. The summed E-state index contributed by atoms with van der Waals surface area (Å²) < 4.78 is 6.78. The molecule has 124 valence electrons. The van der Waals surface area contributed by atoms with E-state index < -0.39 is 5.60 Å². The monoisotopic (exact) mass is 389 g/mol. The highest BCUT2D eigenvalue weighted by atomic mass is 79.9. The van der Waals surface area contributed by atoms with Crippen LogP contribution in [-0.2, 0) is 16.8 Å². The molecule has 1 atom stereocenters. The average Bonchev–Trinajstić information content (AvgIpc) is 2.93. The Morgan fingerprint density at radius 1 is 1.38 bits per heavy atom. The second-order valence-corrected chi connectivity index (χ2v) is 7.09. The van der Waals surface area contributed by atoms with Gasteiger partial charge in [-0.3, -0.25) is 10.1 Å². The molecular formula is C17H16BrN3O3. The molecule has 0 amide bonds. The molecule has 1 aromatic heterocycles. The quantitative estimate of drug-likeness (QED) is 0.581. The highest BCUT2D eigenvalue weighted by Gasteiger charge is 2.44. The third-order valence-corrected chi connectivity index (χ3v) is 5.24. The van der Waals surface area contributed by atoms with Crippen LogP contribution in [0.4, 0.5) is 11.5 Å². The number of ether oxygens (including phenoxy) is 1. The number of nitrogens with zero attached hydrogens (tertiary/aromatic N) is 3. The first-order valence-electron chi connectivity index (χ1n) is 7.86. The van der Waals surface area contributed by atoms with Gasteiger partial charge in [-0.15, -0.1) is 0 Å². The average molecular weight is 390 g/mol. The van der Waals surface area contributed by atoms with Crippen molar-refractivity contribution in [3.8, 4) is 0 Å². The fourth-order valence-corrected chi connectivity index (χ4v) is 4.05. The number of halogens is 1. The Hall–Kier alpha value is -1.99. The van der Waals surface area contributed by atoms with Gasteiger partial charge >= 0.3 is 5.69 Å². The van der Waals surface area contributed by atoms with Crippen molar-refractivity contribution in [3.63, 3.8) is 0 Å². The number of nitro groups is 1. The summed E-state index contributed by atoms with van der Waals surface area (Å²) in [5.74, 6) is 0.412. The summed E-state index contributed by atoms with van der Waals surface area (Å²) in [5.41, 5.74) is 2.14. The molecule has 2 aliphatic rings. The van der Waals surface area contributed by atoms with Crippen LogP contribution in [-0.4, -0.2) is 29.6 Å². The minimum absolute atomic E-state index is 0.0210. The number of rotatable bonds is 2. The Kier molecular flexibility index (Phi) is 3.77. The summed E-state index contributed by atoms with van der Waals surface area (Å²) in [4.78, 5) is 17.3. The second kappa shape index (κ2) is 5.82. The lowest BCUT2D eigenvalue weighted by Gasteiger charge is -2.41. The van der Waals surface area contributed by atoms with Gasteiger partial charge in [-0.2, -0.15) is 0 Å². The Balaban J connectivity index is 1.71. The lowest BCUT2D eigenvalue weighted by atomic mass is 9.93. The van der Waals surface area contributed by atoms with E-state index in [0.29, 0.717) is 30.0 Å². The van der Waals surface area contributed by atoms with Gasteiger partial charge in [0.1, 0.15) is 5.60 Å². The van der Waals surface area contributed by atoms with Crippen LogP contribution in [0.3, 0.4) is 0 Å². The number of morpholine rings is 1. The lowest BCUT2D eigenvalue weighted by molar-refractivity contribution is -0.384. The number of aromatic nitrogens is 1. The van der Waals surface area contributed by atoms with Crippen molar-refractivity contribution < 1.29 is 9.66 Å². The molecule has 6 nitrogen and oxygen atoms in total. The smallest absolute Gasteiger partial charge is 0.312 e. The van der Waals surface area contributed by atoms with Crippen molar-refractivity contribution >= 4 is 27.4 Å². The van der Waals surface area contributed by atoms with Crippen molar-refractivity contribution in [2.45, 2.75) is 18.4 Å². The van der Waals surface area contributed by atoms with Gasteiger partial charge in [0, 0.05) is 23.3 Å². The number of pyridine rings is 1. The maximum Gasteiger partial charge on any atom is 0.312 e. The van der Waals surface area contributed by atoms with Gasteiger partial charge in [0.05, 0.1) is 18.1 Å². The number of aryl methyl sites for hydroxylation is 1. The summed E-state index contributed by atoms with van der Waals surface area (Å²) in [6, 6.07) is 9.81. The molecule has 2 aromatic rings. The first kappa shape index (κ1) is 15.5. The molecule has 1 aliphatic carbocycles. The van der Waals surface area contributed by atoms with Crippen molar-refractivity contribution in [2.24, 2.45) is 0 Å². The topological polar surface area (TPSA) is 68.5 Å². The molecule has 2 heterocycles. The van der Waals surface area contributed by atoms with E-state index in [4.69, 9.17) is 4.74 Å². The van der Waals surface area contributed by atoms with E-state index in [0.717, 1.165) is 12.8 Å². The number of fused-ring (bicyclic) bond motifs is 2. The normalized spacial score (nSPS) is 22.6. The number of hydrogen-bond donors (Lipinski definition) is 0. The van der Waals surface area contributed by atoms with Crippen molar-refractivity contribution in [1.29, 1.82) is 0 Å². The zero-order valence-corrected chi connectivity index (χ0v) is 14.5. The zero-order valence-electron chi connectivity index (χ0n) is 12.9. The van der Waals surface area contributed by atoms with Gasteiger partial charge in [-0.25, -0.2) is 4.98 Å². The number of benzene rings is 1. The van der Waals surface area contributed by atoms with Gasteiger partial charge in [0.2, 0.25) is 5.82 Å². The minimum Gasteiger partial charge on any atom is -0.367 e. The lowest BCUT2D eigenvalue weighted by Crippen LogP contribution is -2.49. The van der Waals surface area contributed by atoms with Crippen LogP contribution >= 0.6 is 15.9 Å². The van der Waals surface area contributed by atoms with E-state index >= 15 is 0 Å². The van der Waals surface area contributed by atoms with E-state index in [1.807, 2.05) is 17.0 Å². The van der Waals surface area contributed by atoms with Crippen LogP contribution in [0.2, 0.25) is 0 Å². The van der Waals surface area contributed by atoms with Crippen LogP contribution < -0.4 is 4.90 Å². The molecule has 24 heavy (non-hydrogen) atoms. The van der Waals surface area contributed by atoms with Gasteiger partial charge in [0.25, 0.3) is 0 Å². The van der Waals surface area contributed by atoms with E-state index in [1.165, 1.54) is 17.2 Å². The molecule has 7 heteroatoms. The largest absolute Gasteiger partial charge is 0.367 e. The summed E-state index contributed by atoms with van der Waals surface area (Å²) in [6.07, 6.45) is 3.47. The summed E-state index contributed by atoms with van der Waals surface area (Å²) >= 11 is 3.26. The van der Waals surface area contributed by atoms with Gasteiger partial charge in [-0.1, -0.05) is 24.3 Å². The standard InChI is InChI=1S/C17H16BrN3O3/c18-13-9-15(21(22)23)16(19-10-13)20-7-8-24-17(11-20)6-5-12-3-1-2-4-14(12)17/h1-4,9-10H,5-8,11H2. The predicted octanol–water partition coefficient (Wildman–Crippen LogP) is 3.43. The van der Waals surface area contributed by atoms with Gasteiger partial charge < -0.3 is 9.64 Å². The van der Waals surface area contributed by atoms with Crippen LogP contribution in [0.25, 0.3) is 0 Å². The van der Waals surface area contributed by atoms with E-state index in [2.05, 4.69) is 33.0 Å². The molecule has 1 fully saturated rings. The Morgan fingerprint density at radius 3 is 3.04 bits per heavy atom. The van der Waals surface area contributed by atoms with Crippen LogP contribution in [0.5, 0.6) is 0 Å². The van der Waals surface area contributed by atoms with Crippen molar-refractivity contribution in [1.82, 2.24) is 4.98 Å². The summed E-state index contributed by atoms with van der Waals surface area (Å²) in [6.45, 7) is 1.71. The molecule has 1 aromatic carbocycles. The molecule has 0 bridgehead atoms. The van der Waals surface area contributed by atoms with Crippen LogP contribution in [0.15, 0.2) is 41.0 Å². The molecule has 1 saturated heterocycles. The van der Waals surface area contributed by atoms with Crippen LogP contribution in [0.1, 0.15) is 17.5 Å². The van der Waals surface area contributed by atoms with E-state index in [-0.39, 0.29) is 10.6 Å². The highest BCUT2D eigenvalue weighted by molar-refractivity contribution is 9.10. The van der Waals surface area contributed by atoms with E-state index in [9.17, 15) is 10.1 Å².